The molecule has 0 aliphatic heterocycles. The van der Waals surface area contributed by atoms with E-state index in [1.807, 2.05) is 24.3 Å². The minimum Gasteiger partial charge on any atom is -0.494 e. The van der Waals surface area contributed by atoms with Gasteiger partial charge >= 0.3 is 0 Å². The largest absolute Gasteiger partial charge is 0.494 e. The Hall–Kier alpha value is -1.52. The second-order valence-corrected chi connectivity index (χ2v) is 7.04. The average molecular weight is 364 g/mol. The molecule has 128 valence electrons. The fraction of sp³-hybridized carbons (Fsp3) is 0.368. The van der Waals surface area contributed by atoms with E-state index in [-0.39, 0.29) is 0 Å². The molecule has 0 aliphatic rings. The van der Waals surface area contributed by atoms with Gasteiger partial charge in [-0.05, 0) is 55.2 Å². The van der Waals surface area contributed by atoms with Crippen molar-refractivity contribution in [2.45, 2.75) is 42.4 Å². The number of hydrogen-bond acceptors (Lipinski definition) is 4. The Labute approximate surface area is 152 Å². The Kier molecular flexibility index (Phi) is 8.13. The van der Waals surface area contributed by atoms with Gasteiger partial charge in [-0.25, -0.2) is 0 Å². The standard InChI is InChI=1S/C19H22ClNO2S/c1-2-3-12-23-16-7-4-8-17(13-16)24-18-10-9-15(19(20)14-18)6-5-11-21-22/h4,7-10,13-14H,2-3,5-6,11-12H2,1H3. The average Bonchev–Trinajstić information content (AvgIpc) is 2.58. The molecule has 5 heteroatoms. The summed E-state index contributed by atoms with van der Waals surface area (Å²) in [6, 6.07) is 14.2. The Morgan fingerprint density at radius 2 is 1.96 bits per heavy atom. The number of ether oxygens (including phenoxy) is 1. The highest BCUT2D eigenvalue weighted by atomic mass is 35.5. The zero-order chi connectivity index (χ0) is 17.2. The fourth-order valence-electron chi connectivity index (χ4n) is 2.23. The monoisotopic (exact) mass is 363 g/mol. The van der Waals surface area contributed by atoms with Crippen LogP contribution in [-0.4, -0.2) is 13.2 Å². The van der Waals surface area contributed by atoms with Crippen molar-refractivity contribution in [1.82, 2.24) is 0 Å². The van der Waals surface area contributed by atoms with E-state index in [4.69, 9.17) is 16.3 Å². The van der Waals surface area contributed by atoms with E-state index in [0.29, 0.717) is 6.54 Å². The van der Waals surface area contributed by atoms with E-state index in [1.54, 1.807) is 11.8 Å². The van der Waals surface area contributed by atoms with Crippen LogP contribution in [0.2, 0.25) is 5.02 Å². The van der Waals surface area contributed by atoms with Crippen LogP contribution >= 0.6 is 23.4 Å². The number of benzene rings is 2. The minimum absolute atomic E-state index is 0.331. The van der Waals surface area contributed by atoms with Crippen LogP contribution in [0.4, 0.5) is 0 Å². The Bertz CT molecular complexity index is 664. The summed E-state index contributed by atoms with van der Waals surface area (Å²) < 4.78 is 5.75. The molecule has 0 saturated carbocycles. The molecule has 0 radical (unpaired) electrons. The highest BCUT2D eigenvalue weighted by molar-refractivity contribution is 7.99. The number of nitrogens with zero attached hydrogens (tertiary/aromatic N) is 1. The lowest BCUT2D eigenvalue weighted by molar-refractivity contribution is 0.308. The SMILES string of the molecule is CCCCOc1cccc(Sc2ccc(CCCN=O)c(Cl)c2)c1. The van der Waals surface area contributed by atoms with E-state index in [9.17, 15) is 4.91 Å². The van der Waals surface area contributed by atoms with Gasteiger partial charge in [0.25, 0.3) is 0 Å². The molecule has 0 atom stereocenters. The predicted octanol–water partition coefficient (Wildman–Crippen LogP) is 6.37. The van der Waals surface area contributed by atoms with E-state index in [2.05, 4.69) is 30.3 Å². The molecule has 2 aromatic carbocycles. The van der Waals surface area contributed by atoms with Gasteiger partial charge in [0.15, 0.2) is 0 Å². The quantitative estimate of drug-likeness (QED) is 0.363. The fourth-order valence-corrected chi connectivity index (χ4v) is 3.47. The van der Waals surface area contributed by atoms with Gasteiger partial charge in [0.2, 0.25) is 0 Å². The maximum Gasteiger partial charge on any atom is 0.120 e. The van der Waals surface area contributed by atoms with Crippen LogP contribution in [0.3, 0.4) is 0 Å². The zero-order valence-corrected chi connectivity index (χ0v) is 15.4. The number of unbranched alkanes of at least 4 members (excludes halogenated alkanes) is 1. The molecule has 3 nitrogen and oxygen atoms in total. The lowest BCUT2D eigenvalue weighted by Crippen LogP contribution is -1.96. The van der Waals surface area contributed by atoms with Gasteiger partial charge in [-0.15, -0.1) is 0 Å². The summed E-state index contributed by atoms with van der Waals surface area (Å²) >= 11 is 8.00. The molecule has 0 fully saturated rings. The van der Waals surface area contributed by atoms with Crippen molar-refractivity contribution < 1.29 is 4.74 Å². The first-order chi connectivity index (χ1) is 11.7. The molecular formula is C19H22ClNO2S. The molecule has 0 aliphatic carbocycles. The van der Waals surface area contributed by atoms with Crippen molar-refractivity contribution in [3.8, 4) is 5.75 Å². The van der Waals surface area contributed by atoms with Gasteiger partial charge in [-0.3, -0.25) is 0 Å². The van der Waals surface area contributed by atoms with E-state index in [1.165, 1.54) is 0 Å². The minimum atomic E-state index is 0.331. The zero-order valence-electron chi connectivity index (χ0n) is 13.8. The third kappa shape index (κ3) is 6.17. The van der Waals surface area contributed by atoms with Crippen LogP contribution in [0.5, 0.6) is 5.75 Å². The number of rotatable bonds is 10. The maximum atomic E-state index is 10.2. The molecule has 2 rings (SSSR count). The summed E-state index contributed by atoms with van der Waals surface area (Å²) in [5.41, 5.74) is 1.06. The lowest BCUT2D eigenvalue weighted by Gasteiger charge is -2.09. The highest BCUT2D eigenvalue weighted by Crippen LogP contribution is 2.33. The summed E-state index contributed by atoms with van der Waals surface area (Å²) in [5.74, 6) is 0.900. The molecule has 0 amide bonds. The first-order valence-electron chi connectivity index (χ1n) is 8.21. The van der Waals surface area contributed by atoms with Crippen LogP contribution in [0.15, 0.2) is 57.4 Å². The third-order valence-corrected chi connectivity index (χ3v) is 4.86. The maximum absolute atomic E-state index is 10.2. The van der Waals surface area contributed by atoms with Crippen molar-refractivity contribution in [2.24, 2.45) is 5.18 Å². The summed E-state index contributed by atoms with van der Waals surface area (Å²) in [7, 11) is 0. The molecule has 0 N–H and O–H groups in total. The lowest BCUT2D eigenvalue weighted by atomic mass is 10.1. The van der Waals surface area contributed by atoms with Crippen molar-refractivity contribution in [2.75, 3.05) is 13.2 Å². The van der Waals surface area contributed by atoms with E-state index < -0.39 is 0 Å². The first-order valence-corrected chi connectivity index (χ1v) is 9.40. The van der Waals surface area contributed by atoms with E-state index >= 15 is 0 Å². The second-order valence-electron chi connectivity index (χ2n) is 5.49. The molecular weight excluding hydrogens is 342 g/mol. The van der Waals surface area contributed by atoms with Crippen molar-refractivity contribution in [3.05, 3.63) is 58.0 Å². The summed E-state index contributed by atoms with van der Waals surface area (Å²) in [6.45, 7) is 3.23. The Morgan fingerprint density at radius 3 is 2.71 bits per heavy atom. The molecule has 24 heavy (non-hydrogen) atoms. The molecule has 0 unspecified atom stereocenters. The topological polar surface area (TPSA) is 38.7 Å². The normalized spacial score (nSPS) is 10.6. The second kappa shape index (κ2) is 10.4. The van der Waals surface area contributed by atoms with Crippen molar-refractivity contribution >= 4 is 23.4 Å². The third-order valence-electron chi connectivity index (χ3n) is 3.53. The molecule has 0 saturated heterocycles. The van der Waals surface area contributed by atoms with Crippen LogP contribution in [0, 0.1) is 4.91 Å². The molecule has 0 heterocycles. The molecule has 0 spiro atoms. The van der Waals surface area contributed by atoms with Gasteiger partial charge in [0.1, 0.15) is 5.75 Å². The van der Waals surface area contributed by atoms with Gasteiger partial charge < -0.3 is 4.74 Å². The van der Waals surface area contributed by atoms with Gasteiger partial charge in [-0.2, -0.15) is 4.91 Å². The van der Waals surface area contributed by atoms with Crippen molar-refractivity contribution in [3.63, 3.8) is 0 Å². The van der Waals surface area contributed by atoms with Crippen LogP contribution < -0.4 is 4.74 Å². The smallest absolute Gasteiger partial charge is 0.120 e. The van der Waals surface area contributed by atoms with Gasteiger partial charge in [0, 0.05) is 14.8 Å². The highest BCUT2D eigenvalue weighted by Gasteiger charge is 2.05. The van der Waals surface area contributed by atoms with Gasteiger partial charge in [-0.1, -0.05) is 54.0 Å². The van der Waals surface area contributed by atoms with Crippen molar-refractivity contribution in [1.29, 1.82) is 0 Å². The summed E-state index contributed by atoms with van der Waals surface area (Å²) in [4.78, 5) is 12.4. The Balaban J connectivity index is 1.99. The number of nitroso groups, excluding NO2 is 1. The van der Waals surface area contributed by atoms with E-state index in [0.717, 1.165) is 58.4 Å². The van der Waals surface area contributed by atoms with Gasteiger partial charge in [0.05, 0.1) is 13.2 Å². The summed E-state index contributed by atoms with van der Waals surface area (Å²) in [5, 5.41) is 3.62. The first kappa shape index (κ1) is 18.8. The number of hydrogen-bond donors (Lipinski definition) is 0. The van der Waals surface area contributed by atoms with Crippen LogP contribution in [0.1, 0.15) is 31.7 Å². The van der Waals surface area contributed by atoms with Crippen LogP contribution in [0.25, 0.3) is 0 Å². The predicted molar refractivity (Wildman–Crippen MR) is 101 cm³/mol. The Morgan fingerprint density at radius 1 is 1.12 bits per heavy atom. The van der Waals surface area contributed by atoms with Crippen LogP contribution in [-0.2, 0) is 6.42 Å². The number of aryl methyl sites for hydroxylation is 1. The molecule has 2 aromatic rings. The molecule has 0 bridgehead atoms. The summed E-state index contributed by atoms with van der Waals surface area (Å²) in [6.07, 6.45) is 3.69. The molecule has 0 aromatic heterocycles. The number of halogens is 1.